The summed E-state index contributed by atoms with van der Waals surface area (Å²) in [7, 11) is 1.85. The van der Waals surface area contributed by atoms with Crippen molar-refractivity contribution in [2.45, 2.75) is 82.3 Å². The number of nitrogens with one attached hydrogen (secondary N) is 1. The van der Waals surface area contributed by atoms with Gasteiger partial charge in [0.25, 0.3) is 0 Å². The van der Waals surface area contributed by atoms with Crippen LogP contribution in [0.5, 0.6) is 0 Å². The maximum absolute atomic E-state index is 5.48. The summed E-state index contributed by atoms with van der Waals surface area (Å²) < 4.78 is 5.48. The van der Waals surface area contributed by atoms with Crippen molar-refractivity contribution in [3.63, 3.8) is 0 Å². The van der Waals surface area contributed by atoms with Gasteiger partial charge in [0.05, 0.1) is 6.61 Å². The average Bonchev–Trinajstić information content (AvgIpc) is 2.96. The van der Waals surface area contributed by atoms with E-state index in [0.29, 0.717) is 11.6 Å². The average molecular weight is 294 g/mol. The summed E-state index contributed by atoms with van der Waals surface area (Å²) in [4.78, 5) is 2.82. The van der Waals surface area contributed by atoms with Gasteiger partial charge in [-0.1, -0.05) is 32.1 Å². The summed E-state index contributed by atoms with van der Waals surface area (Å²) in [5.74, 6) is 0.907. The zero-order valence-electron chi connectivity index (χ0n) is 14.1. The van der Waals surface area contributed by atoms with Crippen LogP contribution in [0.2, 0.25) is 0 Å². The molecule has 0 amide bonds. The van der Waals surface area contributed by atoms with Crippen molar-refractivity contribution in [2.75, 3.05) is 26.8 Å². The van der Waals surface area contributed by atoms with E-state index in [0.717, 1.165) is 18.6 Å². The van der Waals surface area contributed by atoms with Gasteiger partial charge in [0.15, 0.2) is 0 Å². The van der Waals surface area contributed by atoms with E-state index in [1.54, 1.807) is 0 Å². The van der Waals surface area contributed by atoms with Crippen molar-refractivity contribution in [1.29, 1.82) is 0 Å². The van der Waals surface area contributed by atoms with E-state index in [-0.39, 0.29) is 0 Å². The van der Waals surface area contributed by atoms with Crippen molar-refractivity contribution in [2.24, 2.45) is 5.92 Å². The lowest BCUT2D eigenvalue weighted by molar-refractivity contribution is -0.0122. The molecular weight excluding hydrogens is 260 g/mol. The first-order valence-electron chi connectivity index (χ1n) is 9.24. The van der Waals surface area contributed by atoms with Gasteiger partial charge in [0, 0.05) is 37.8 Å². The van der Waals surface area contributed by atoms with Crippen molar-refractivity contribution >= 4 is 0 Å². The largest absolute Gasteiger partial charge is 0.383 e. The fourth-order valence-electron chi connectivity index (χ4n) is 5.12. The minimum atomic E-state index is 0.424. The number of ether oxygens (including phenoxy) is 1. The lowest BCUT2D eigenvalue weighted by Crippen LogP contribution is -2.67. The Labute approximate surface area is 130 Å². The van der Waals surface area contributed by atoms with E-state index >= 15 is 0 Å². The Balaban J connectivity index is 1.71. The minimum Gasteiger partial charge on any atom is -0.383 e. The van der Waals surface area contributed by atoms with Gasteiger partial charge in [-0.2, -0.15) is 0 Å². The molecule has 0 aromatic rings. The number of hydrogen-bond donors (Lipinski definition) is 1. The standard InChI is InChI=1S/C18H34N2O/c1-15(13-21-2)20-14-18(10-6-7-11-18)19-12-17(20)16-8-4-3-5-9-16/h15-17,19H,3-14H2,1-2H3. The van der Waals surface area contributed by atoms with Crippen molar-refractivity contribution in [3.05, 3.63) is 0 Å². The molecule has 122 valence electrons. The highest BCUT2D eigenvalue weighted by Crippen LogP contribution is 2.37. The lowest BCUT2D eigenvalue weighted by atomic mass is 9.80. The van der Waals surface area contributed by atoms with Gasteiger partial charge < -0.3 is 10.1 Å². The molecule has 2 saturated carbocycles. The van der Waals surface area contributed by atoms with Gasteiger partial charge >= 0.3 is 0 Å². The van der Waals surface area contributed by atoms with Crippen LogP contribution in [0.25, 0.3) is 0 Å². The van der Waals surface area contributed by atoms with E-state index in [1.165, 1.54) is 70.9 Å². The third-order valence-corrected chi connectivity index (χ3v) is 6.33. The molecule has 1 aliphatic heterocycles. The molecule has 3 aliphatic rings. The summed E-state index contributed by atoms with van der Waals surface area (Å²) in [6.07, 6.45) is 12.8. The molecule has 1 saturated heterocycles. The molecule has 3 nitrogen and oxygen atoms in total. The number of nitrogens with zero attached hydrogens (tertiary/aromatic N) is 1. The summed E-state index contributed by atoms with van der Waals surface area (Å²) in [6.45, 7) is 5.70. The Kier molecular flexibility index (Phi) is 5.23. The third kappa shape index (κ3) is 3.46. The zero-order chi connectivity index (χ0) is 14.7. The Bertz CT molecular complexity index is 321. The Hall–Kier alpha value is -0.120. The quantitative estimate of drug-likeness (QED) is 0.862. The molecule has 2 atom stereocenters. The summed E-state index contributed by atoms with van der Waals surface area (Å²) in [5.41, 5.74) is 0.424. The van der Waals surface area contributed by atoms with Crippen LogP contribution < -0.4 is 5.32 Å². The molecule has 2 aliphatic carbocycles. The molecule has 21 heavy (non-hydrogen) atoms. The van der Waals surface area contributed by atoms with Crippen LogP contribution in [0.3, 0.4) is 0 Å². The van der Waals surface area contributed by atoms with Crippen LogP contribution in [0.1, 0.15) is 64.7 Å². The molecule has 3 heteroatoms. The molecule has 1 heterocycles. The van der Waals surface area contributed by atoms with Crippen molar-refractivity contribution < 1.29 is 4.74 Å². The highest BCUT2D eigenvalue weighted by molar-refractivity contribution is 5.03. The van der Waals surface area contributed by atoms with E-state index in [2.05, 4.69) is 17.1 Å². The molecule has 0 bridgehead atoms. The van der Waals surface area contributed by atoms with Crippen LogP contribution in [-0.2, 0) is 4.74 Å². The monoisotopic (exact) mass is 294 g/mol. The SMILES string of the molecule is COCC(C)N1CC2(CCCC2)NCC1C1CCCCC1. The second-order valence-corrected chi connectivity index (χ2v) is 7.81. The Morgan fingerprint density at radius 1 is 1.14 bits per heavy atom. The van der Waals surface area contributed by atoms with Crippen molar-refractivity contribution in [3.8, 4) is 0 Å². The summed E-state index contributed by atoms with van der Waals surface area (Å²) in [6, 6.07) is 1.29. The predicted molar refractivity (Wildman–Crippen MR) is 87.6 cm³/mol. The normalized spacial score (nSPS) is 32.6. The van der Waals surface area contributed by atoms with Crippen LogP contribution in [0.15, 0.2) is 0 Å². The van der Waals surface area contributed by atoms with E-state index in [9.17, 15) is 0 Å². The van der Waals surface area contributed by atoms with E-state index in [1.807, 2.05) is 7.11 Å². The highest BCUT2D eigenvalue weighted by atomic mass is 16.5. The molecule has 0 radical (unpaired) electrons. The number of methoxy groups -OCH3 is 1. The molecule has 0 aromatic carbocycles. The van der Waals surface area contributed by atoms with E-state index < -0.39 is 0 Å². The lowest BCUT2D eigenvalue weighted by Gasteiger charge is -2.51. The maximum Gasteiger partial charge on any atom is 0.0615 e. The second kappa shape index (κ2) is 6.97. The van der Waals surface area contributed by atoms with Crippen LogP contribution >= 0.6 is 0 Å². The highest BCUT2D eigenvalue weighted by Gasteiger charge is 2.44. The maximum atomic E-state index is 5.48. The first-order chi connectivity index (χ1) is 10.2. The van der Waals surface area contributed by atoms with Gasteiger partial charge in [0.2, 0.25) is 0 Å². The predicted octanol–water partition coefficient (Wildman–Crippen LogP) is 3.19. The van der Waals surface area contributed by atoms with Gasteiger partial charge in [-0.05, 0) is 38.5 Å². The second-order valence-electron chi connectivity index (χ2n) is 7.81. The van der Waals surface area contributed by atoms with Crippen molar-refractivity contribution in [1.82, 2.24) is 10.2 Å². The Morgan fingerprint density at radius 2 is 1.86 bits per heavy atom. The Morgan fingerprint density at radius 3 is 2.52 bits per heavy atom. The summed E-state index contributed by atoms with van der Waals surface area (Å²) in [5, 5.41) is 3.99. The molecule has 3 rings (SSSR count). The molecule has 1 N–H and O–H groups in total. The summed E-state index contributed by atoms with van der Waals surface area (Å²) >= 11 is 0. The fourth-order valence-corrected chi connectivity index (χ4v) is 5.12. The number of rotatable bonds is 4. The topological polar surface area (TPSA) is 24.5 Å². The molecule has 0 aromatic heterocycles. The van der Waals surface area contributed by atoms with Gasteiger partial charge in [-0.25, -0.2) is 0 Å². The van der Waals surface area contributed by atoms with Gasteiger partial charge in [0.1, 0.15) is 0 Å². The smallest absolute Gasteiger partial charge is 0.0615 e. The fraction of sp³-hybridized carbons (Fsp3) is 1.00. The minimum absolute atomic E-state index is 0.424. The number of piperazine rings is 1. The van der Waals surface area contributed by atoms with E-state index in [4.69, 9.17) is 4.74 Å². The van der Waals surface area contributed by atoms with Crippen LogP contribution in [0.4, 0.5) is 0 Å². The van der Waals surface area contributed by atoms with Gasteiger partial charge in [-0.15, -0.1) is 0 Å². The zero-order valence-corrected chi connectivity index (χ0v) is 14.1. The van der Waals surface area contributed by atoms with Gasteiger partial charge in [-0.3, -0.25) is 4.90 Å². The third-order valence-electron chi connectivity index (χ3n) is 6.33. The molecule has 3 fully saturated rings. The molecule has 2 unspecified atom stereocenters. The first-order valence-corrected chi connectivity index (χ1v) is 9.24. The first kappa shape index (κ1) is 15.8. The van der Waals surface area contributed by atoms with Crippen LogP contribution in [-0.4, -0.2) is 49.3 Å². The number of hydrogen-bond acceptors (Lipinski definition) is 3. The molecular formula is C18H34N2O. The van der Waals surface area contributed by atoms with Crippen LogP contribution in [0, 0.1) is 5.92 Å². The molecule has 1 spiro atoms.